The Kier molecular flexibility index (Phi) is 3.26. The van der Waals surface area contributed by atoms with Gasteiger partial charge in [0.2, 0.25) is 5.95 Å². The molecule has 2 aromatic rings. The van der Waals surface area contributed by atoms with Crippen LogP contribution in [-0.4, -0.2) is 45.9 Å². The van der Waals surface area contributed by atoms with Gasteiger partial charge in [0.15, 0.2) is 5.69 Å². The Bertz CT molecular complexity index is 718. The van der Waals surface area contributed by atoms with Gasteiger partial charge in [0.25, 0.3) is 0 Å². The first-order chi connectivity index (χ1) is 11.0. The first kappa shape index (κ1) is 14.4. The second kappa shape index (κ2) is 5.19. The van der Waals surface area contributed by atoms with Gasteiger partial charge in [0.05, 0.1) is 17.9 Å². The predicted octanol–water partition coefficient (Wildman–Crippen LogP) is 1.71. The molecule has 2 aliphatic heterocycles. The van der Waals surface area contributed by atoms with Crippen LogP contribution in [0.2, 0.25) is 0 Å². The quantitative estimate of drug-likeness (QED) is 0.931. The van der Waals surface area contributed by atoms with Gasteiger partial charge < -0.3 is 10.2 Å². The highest BCUT2D eigenvalue weighted by Crippen LogP contribution is 2.32. The van der Waals surface area contributed by atoms with Crippen molar-refractivity contribution in [3.8, 4) is 11.3 Å². The molecule has 4 heterocycles. The summed E-state index contributed by atoms with van der Waals surface area (Å²) in [7, 11) is 0. The summed E-state index contributed by atoms with van der Waals surface area (Å²) in [5, 5.41) is 7.37. The first-order valence-electron chi connectivity index (χ1n) is 7.47. The Morgan fingerprint density at radius 3 is 2.52 bits per heavy atom. The van der Waals surface area contributed by atoms with Crippen molar-refractivity contribution in [3.05, 3.63) is 24.2 Å². The second-order valence-electron chi connectivity index (χ2n) is 5.80. The molecule has 0 bridgehead atoms. The number of halogens is 3. The standard InChI is InChI=1S/C14H15F3N6/c15-14(16,17)12-4-11(20-13(21-12)22-2-1-3-22)9-5-19-23(8-9)10-6-18-7-10/h4-5,8,10,18H,1-3,6-7H2. The number of hydrogen-bond donors (Lipinski definition) is 1. The van der Waals surface area contributed by atoms with Crippen LogP contribution >= 0.6 is 0 Å². The van der Waals surface area contributed by atoms with E-state index in [1.165, 1.54) is 0 Å². The largest absolute Gasteiger partial charge is 0.433 e. The summed E-state index contributed by atoms with van der Waals surface area (Å²) in [4.78, 5) is 9.72. The molecule has 2 saturated heterocycles. The van der Waals surface area contributed by atoms with E-state index in [4.69, 9.17) is 0 Å². The molecule has 0 spiro atoms. The van der Waals surface area contributed by atoms with E-state index >= 15 is 0 Å². The van der Waals surface area contributed by atoms with Gasteiger partial charge in [-0.1, -0.05) is 0 Å². The van der Waals surface area contributed by atoms with Gasteiger partial charge in [-0.3, -0.25) is 4.68 Å². The van der Waals surface area contributed by atoms with Gasteiger partial charge in [0.1, 0.15) is 0 Å². The van der Waals surface area contributed by atoms with Gasteiger partial charge in [-0.05, 0) is 12.5 Å². The molecule has 0 amide bonds. The van der Waals surface area contributed by atoms with E-state index < -0.39 is 11.9 Å². The van der Waals surface area contributed by atoms with Crippen LogP contribution in [0.3, 0.4) is 0 Å². The highest BCUT2D eigenvalue weighted by molar-refractivity contribution is 5.59. The lowest BCUT2D eigenvalue weighted by atomic mass is 10.2. The van der Waals surface area contributed by atoms with Crippen LogP contribution in [0.1, 0.15) is 18.2 Å². The van der Waals surface area contributed by atoms with Crippen molar-refractivity contribution in [2.45, 2.75) is 18.6 Å². The van der Waals surface area contributed by atoms with E-state index in [0.717, 1.165) is 25.6 Å². The first-order valence-corrected chi connectivity index (χ1v) is 7.47. The predicted molar refractivity (Wildman–Crippen MR) is 77.0 cm³/mol. The molecule has 0 unspecified atom stereocenters. The number of alkyl halides is 3. The molecule has 6 nitrogen and oxygen atoms in total. The van der Waals surface area contributed by atoms with E-state index in [1.54, 1.807) is 22.0 Å². The number of anilines is 1. The topological polar surface area (TPSA) is 58.9 Å². The van der Waals surface area contributed by atoms with Gasteiger partial charge in [-0.2, -0.15) is 18.3 Å². The van der Waals surface area contributed by atoms with Gasteiger partial charge in [-0.15, -0.1) is 0 Å². The Hall–Kier alpha value is -2.16. The number of hydrogen-bond acceptors (Lipinski definition) is 5. The molecule has 2 fully saturated rings. The zero-order valence-corrected chi connectivity index (χ0v) is 12.2. The van der Waals surface area contributed by atoms with Crippen LogP contribution in [0, 0.1) is 0 Å². The molecule has 122 valence electrons. The molecule has 23 heavy (non-hydrogen) atoms. The average Bonchev–Trinajstić information content (AvgIpc) is 2.82. The number of nitrogens with zero attached hydrogens (tertiary/aromatic N) is 5. The minimum atomic E-state index is -4.49. The lowest BCUT2D eigenvalue weighted by Crippen LogP contribution is -2.43. The molecule has 0 atom stereocenters. The van der Waals surface area contributed by atoms with Crippen LogP contribution in [0.4, 0.5) is 19.1 Å². The molecule has 9 heteroatoms. The highest BCUT2D eigenvalue weighted by atomic mass is 19.4. The summed E-state index contributed by atoms with van der Waals surface area (Å²) >= 11 is 0. The van der Waals surface area contributed by atoms with E-state index in [9.17, 15) is 13.2 Å². The summed E-state index contributed by atoms with van der Waals surface area (Å²) in [6.45, 7) is 3.01. The Morgan fingerprint density at radius 1 is 1.17 bits per heavy atom. The zero-order chi connectivity index (χ0) is 16.0. The lowest BCUT2D eigenvalue weighted by molar-refractivity contribution is -0.141. The zero-order valence-electron chi connectivity index (χ0n) is 12.2. The summed E-state index contributed by atoms with van der Waals surface area (Å²) in [5.41, 5.74) is -0.0817. The fraction of sp³-hybridized carbons (Fsp3) is 0.500. The third-order valence-corrected chi connectivity index (χ3v) is 4.17. The van der Waals surface area contributed by atoms with Crippen molar-refractivity contribution in [1.29, 1.82) is 0 Å². The van der Waals surface area contributed by atoms with Crippen LogP contribution in [0.5, 0.6) is 0 Å². The number of nitrogens with one attached hydrogen (secondary N) is 1. The SMILES string of the molecule is FC(F)(F)c1cc(-c2cnn(C3CNC3)c2)nc(N2CCC2)n1. The summed E-state index contributed by atoms with van der Waals surface area (Å²) in [6.07, 6.45) is -0.249. The van der Waals surface area contributed by atoms with E-state index in [0.29, 0.717) is 18.7 Å². The molecule has 2 aromatic heterocycles. The van der Waals surface area contributed by atoms with Crippen molar-refractivity contribution in [1.82, 2.24) is 25.1 Å². The summed E-state index contributed by atoms with van der Waals surface area (Å²) in [6, 6.07) is 1.24. The minimum absolute atomic E-state index is 0.138. The molecule has 1 N–H and O–H groups in total. The molecule has 0 radical (unpaired) electrons. The van der Waals surface area contributed by atoms with E-state index in [-0.39, 0.29) is 17.7 Å². The maximum Gasteiger partial charge on any atom is 0.433 e. The van der Waals surface area contributed by atoms with Gasteiger partial charge in [0, 0.05) is 37.9 Å². The van der Waals surface area contributed by atoms with Crippen LogP contribution in [0.15, 0.2) is 18.5 Å². The normalized spacial score (nSPS) is 18.7. The van der Waals surface area contributed by atoms with Crippen LogP contribution in [0.25, 0.3) is 11.3 Å². The number of aromatic nitrogens is 4. The van der Waals surface area contributed by atoms with Crippen LogP contribution in [-0.2, 0) is 6.18 Å². The van der Waals surface area contributed by atoms with Crippen molar-refractivity contribution in [2.24, 2.45) is 0 Å². The third kappa shape index (κ3) is 2.65. The van der Waals surface area contributed by atoms with Crippen molar-refractivity contribution >= 4 is 5.95 Å². The Labute approximate surface area is 130 Å². The molecule has 0 saturated carbocycles. The average molecular weight is 324 g/mol. The highest BCUT2D eigenvalue weighted by Gasteiger charge is 2.35. The van der Waals surface area contributed by atoms with Crippen LogP contribution < -0.4 is 10.2 Å². The molecule has 4 rings (SSSR count). The van der Waals surface area contributed by atoms with Crippen molar-refractivity contribution in [3.63, 3.8) is 0 Å². The van der Waals surface area contributed by atoms with Crippen molar-refractivity contribution in [2.75, 3.05) is 31.1 Å². The van der Waals surface area contributed by atoms with E-state index in [1.807, 2.05) is 0 Å². The molecular formula is C14H15F3N6. The van der Waals surface area contributed by atoms with Crippen molar-refractivity contribution < 1.29 is 13.2 Å². The Balaban J connectivity index is 1.72. The second-order valence-corrected chi connectivity index (χ2v) is 5.80. The smallest absolute Gasteiger partial charge is 0.341 e. The molecular weight excluding hydrogens is 309 g/mol. The van der Waals surface area contributed by atoms with Gasteiger partial charge in [-0.25, -0.2) is 9.97 Å². The fourth-order valence-electron chi connectivity index (χ4n) is 2.52. The monoisotopic (exact) mass is 324 g/mol. The molecule has 0 aromatic carbocycles. The third-order valence-electron chi connectivity index (χ3n) is 4.17. The molecule has 2 aliphatic rings. The number of rotatable bonds is 3. The maximum absolute atomic E-state index is 13.1. The Morgan fingerprint density at radius 2 is 1.96 bits per heavy atom. The lowest BCUT2D eigenvalue weighted by Gasteiger charge is -2.31. The minimum Gasteiger partial charge on any atom is -0.341 e. The maximum atomic E-state index is 13.1. The van der Waals surface area contributed by atoms with E-state index in [2.05, 4.69) is 20.4 Å². The summed E-state index contributed by atoms with van der Waals surface area (Å²) in [5.74, 6) is 0.138. The summed E-state index contributed by atoms with van der Waals surface area (Å²) < 4.78 is 41.1. The molecule has 0 aliphatic carbocycles. The fourth-order valence-corrected chi connectivity index (χ4v) is 2.52. The van der Waals surface area contributed by atoms with Gasteiger partial charge >= 0.3 is 6.18 Å².